The number of benzene rings is 1. The van der Waals surface area contributed by atoms with E-state index >= 15 is 0 Å². The minimum Gasteiger partial charge on any atom is -0.493 e. The van der Waals surface area contributed by atoms with E-state index in [2.05, 4.69) is 45.6 Å². The second-order valence-electron chi connectivity index (χ2n) is 7.57. The summed E-state index contributed by atoms with van der Waals surface area (Å²) in [7, 11) is 1.84. The molecule has 1 saturated heterocycles. The fourth-order valence-electron chi connectivity index (χ4n) is 3.53. The molecule has 1 aliphatic carbocycles. The van der Waals surface area contributed by atoms with Crippen molar-refractivity contribution in [2.24, 2.45) is 16.8 Å². The van der Waals surface area contributed by atoms with Crippen molar-refractivity contribution in [3.05, 3.63) is 29.8 Å². The highest BCUT2D eigenvalue weighted by molar-refractivity contribution is 5.79. The van der Waals surface area contributed by atoms with Crippen molar-refractivity contribution >= 4 is 5.96 Å². The van der Waals surface area contributed by atoms with Crippen molar-refractivity contribution in [3.8, 4) is 5.75 Å². The molecule has 26 heavy (non-hydrogen) atoms. The first-order chi connectivity index (χ1) is 12.8. The number of hydrogen-bond acceptors (Lipinski definition) is 3. The number of para-hydroxylation sites is 1. The molecule has 1 unspecified atom stereocenters. The van der Waals surface area contributed by atoms with Crippen molar-refractivity contribution < 1.29 is 4.74 Å². The number of hydrogen-bond donors (Lipinski definition) is 2. The summed E-state index contributed by atoms with van der Waals surface area (Å²) < 4.78 is 6.00. The summed E-state index contributed by atoms with van der Waals surface area (Å²) in [6, 6.07) is 8.31. The molecule has 2 N–H and O–H groups in total. The van der Waals surface area contributed by atoms with Crippen molar-refractivity contribution in [1.29, 1.82) is 0 Å². The van der Waals surface area contributed by atoms with Crippen LogP contribution in [0.3, 0.4) is 0 Å². The lowest BCUT2D eigenvalue weighted by Gasteiger charge is -2.32. The maximum Gasteiger partial charge on any atom is 0.191 e. The third-order valence-electron chi connectivity index (χ3n) is 5.42. The van der Waals surface area contributed by atoms with Crippen molar-refractivity contribution in [3.63, 3.8) is 0 Å². The highest BCUT2D eigenvalue weighted by atomic mass is 16.5. The fourth-order valence-corrected chi connectivity index (χ4v) is 3.53. The van der Waals surface area contributed by atoms with Gasteiger partial charge in [-0.05, 0) is 56.7 Å². The summed E-state index contributed by atoms with van der Waals surface area (Å²) in [5, 5.41) is 6.94. The molecule has 1 aromatic rings. The van der Waals surface area contributed by atoms with Crippen LogP contribution in [0.25, 0.3) is 0 Å². The minimum atomic E-state index is 0.705. The molecule has 1 saturated carbocycles. The van der Waals surface area contributed by atoms with Gasteiger partial charge in [-0.3, -0.25) is 4.99 Å². The molecular formula is C21H34N4O. The van der Waals surface area contributed by atoms with Crippen LogP contribution in [0, 0.1) is 11.8 Å². The van der Waals surface area contributed by atoms with E-state index in [1.54, 1.807) is 0 Å². The van der Waals surface area contributed by atoms with Gasteiger partial charge in [0, 0.05) is 32.2 Å². The van der Waals surface area contributed by atoms with Crippen LogP contribution in [0.4, 0.5) is 0 Å². The quantitative estimate of drug-likeness (QED) is 0.554. The predicted octanol–water partition coefficient (Wildman–Crippen LogP) is 2.87. The fraction of sp³-hybridized carbons (Fsp3) is 0.667. The first kappa shape index (κ1) is 19.0. The van der Waals surface area contributed by atoms with Crippen LogP contribution in [0.1, 0.15) is 38.2 Å². The SMILES string of the molecule is CCN1CCCC(CNC(=NC)NCc2ccccc2OCC2CC2)C1. The zero-order valence-corrected chi connectivity index (χ0v) is 16.3. The van der Waals surface area contributed by atoms with Gasteiger partial charge in [-0.2, -0.15) is 0 Å². The molecule has 1 aromatic carbocycles. The molecule has 1 aliphatic heterocycles. The highest BCUT2D eigenvalue weighted by Gasteiger charge is 2.22. The Morgan fingerprint density at radius 1 is 1.19 bits per heavy atom. The minimum absolute atomic E-state index is 0.705. The molecule has 3 rings (SSSR count). The summed E-state index contributed by atoms with van der Waals surface area (Å²) >= 11 is 0. The molecule has 0 spiro atoms. The van der Waals surface area contributed by atoms with Crippen LogP contribution in [0.2, 0.25) is 0 Å². The second-order valence-corrected chi connectivity index (χ2v) is 7.57. The van der Waals surface area contributed by atoms with Crippen LogP contribution >= 0.6 is 0 Å². The summed E-state index contributed by atoms with van der Waals surface area (Å²) in [6.45, 7) is 8.40. The van der Waals surface area contributed by atoms with Crippen LogP contribution in [0.15, 0.2) is 29.3 Å². The molecule has 1 heterocycles. The van der Waals surface area contributed by atoms with Gasteiger partial charge in [-0.25, -0.2) is 0 Å². The summed E-state index contributed by atoms with van der Waals surface area (Å²) in [4.78, 5) is 6.92. The number of likely N-dealkylation sites (tertiary alicyclic amines) is 1. The number of guanidine groups is 1. The number of piperidine rings is 1. The van der Waals surface area contributed by atoms with E-state index in [-0.39, 0.29) is 0 Å². The molecule has 2 aliphatic rings. The molecule has 0 amide bonds. The molecule has 1 atom stereocenters. The maximum absolute atomic E-state index is 6.00. The first-order valence-corrected chi connectivity index (χ1v) is 10.2. The molecule has 0 aromatic heterocycles. The maximum atomic E-state index is 6.00. The van der Waals surface area contributed by atoms with Gasteiger partial charge in [-0.15, -0.1) is 0 Å². The average molecular weight is 359 g/mol. The van der Waals surface area contributed by atoms with Gasteiger partial charge < -0.3 is 20.3 Å². The van der Waals surface area contributed by atoms with Gasteiger partial charge in [0.2, 0.25) is 0 Å². The van der Waals surface area contributed by atoms with Gasteiger partial charge in [0.1, 0.15) is 5.75 Å². The van der Waals surface area contributed by atoms with Crippen molar-refractivity contribution in [1.82, 2.24) is 15.5 Å². The van der Waals surface area contributed by atoms with Crippen molar-refractivity contribution in [2.75, 3.05) is 39.8 Å². The zero-order valence-electron chi connectivity index (χ0n) is 16.3. The van der Waals surface area contributed by atoms with Crippen molar-refractivity contribution in [2.45, 2.75) is 39.2 Å². The zero-order chi connectivity index (χ0) is 18.2. The first-order valence-electron chi connectivity index (χ1n) is 10.2. The van der Waals surface area contributed by atoms with E-state index in [0.29, 0.717) is 5.92 Å². The third-order valence-corrected chi connectivity index (χ3v) is 5.42. The van der Waals surface area contributed by atoms with Gasteiger partial charge in [0.25, 0.3) is 0 Å². The Hall–Kier alpha value is -1.75. The second kappa shape index (κ2) is 9.81. The van der Waals surface area contributed by atoms with Gasteiger partial charge >= 0.3 is 0 Å². The monoisotopic (exact) mass is 358 g/mol. The normalized spacial score (nSPS) is 21.5. The average Bonchev–Trinajstić information content (AvgIpc) is 3.52. The lowest BCUT2D eigenvalue weighted by Crippen LogP contribution is -2.44. The molecule has 2 fully saturated rings. The Kier molecular flexibility index (Phi) is 7.18. The Morgan fingerprint density at radius 3 is 2.81 bits per heavy atom. The number of rotatable bonds is 8. The van der Waals surface area contributed by atoms with E-state index < -0.39 is 0 Å². The van der Waals surface area contributed by atoms with E-state index in [1.807, 2.05) is 13.1 Å². The topological polar surface area (TPSA) is 48.9 Å². The van der Waals surface area contributed by atoms with E-state index in [9.17, 15) is 0 Å². The summed E-state index contributed by atoms with van der Waals surface area (Å²) in [5.74, 6) is 3.34. The van der Waals surface area contributed by atoms with Gasteiger partial charge in [-0.1, -0.05) is 25.1 Å². The van der Waals surface area contributed by atoms with Gasteiger partial charge in [0.15, 0.2) is 5.96 Å². The Labute approximate surface area is 158 Å². The van der Waals surface area contributed by atoms with E-state index in [4.69, 9.17) is 4.74 Å². The smallest absolute Gasteiger partial charge is 0.191 e. The number of ether oxygens (including phenoxy) is 1. The Morgan fingerprint density at radius 2 is 2.04 bits per heavy atom. The number of nitrogens with one attached hydrogen (secondary N) is 2. The largest absolute Gasteiger partial charge is 0.493 e. The lowest BCUT2D eigenvalue weighted by molar-refractivity contribution is 0.183. The number of aliphatic imine (C=N–C) groups is 1. The lowest BCUT2D eigenvalue weighted by atomic mass is 9.98. The van der Waals surface area contributed by atoms with E-state index in [0.717, 1.165) is 43.9 Å². The highest BCUT2D eigenvalue weighted by Crippen LogP contribution is 2.30. The molecule has 0 bridgehead atoms. The van der Waals surface area contributed by atoms with Gasteiger partial charge in [0.05, 0.1) is 6.61 Å². The predicted molar refractivity (Wildman–Crippen MR) is 108 cm³/mol. The standard InChI is InChI=1S/C21H34N4O/c1-3-25-12-6-7-18(15-25)13-23-21(22-2)24-14-19-8-4-5-9-20(19)26-16-17-10-11-17/h4-5,8-9,17-18H,3,6-7,10-16H2,1-2H3,(H2,22,23,24). The number of nitrogens with zero attached hydrogens (tertiary/aromatic N) is 2. The third kappa shape index (κ3) is 5.90. The molecule has 144 valence electrons. The van der Waals surface area contributed by atoms with Crippen LogP contribution in [-0.4, -0.2) is 50.7 Å². The molecule has 0 radical (unpaired) electrons. The molecule has 5 nitrogen and oxygen atoms in total. The van der Waals surface area contributed by atoms with Crippen LogP contribution in [0.5, 0.6) is 5.75 Å². The van der Waals surface area contributed by atoms with Crippen LogP contribution < -0.4 is 15.4 Å². The Balaban J connectivity index is 1.45. The molecule has 5 heteroatoms. The molecular weight excluding hydrogens is 324 g/mol. The summed E-state index contributed by atoms with van der Waals surface area (Å²) in [5.41, 5.74) is 1.19. The Bertz CT molecular complexity index is 585. The van der Waals surface area contributed by atoms with Crippen LogP contribution in [-0.2, 0) is 6.54 Å². The van der Waals surface area contributed by atoms with E-state index in [1.165, 1.54) is 44.3 Å². The summed E-state index contributed by atoms with van der Waals surface area (Å²) in [6.07, 6.45) is 5.23.